The normalized spacial score (nSPS) is 14.3. The highest BCUT2D eigenvalue weighted by Gasteiger charge is 2.32. The van der Waals surface area contributed by atoms with Crippen LogP contribution in [0, 0.1) is 11.8 Å². The molecule has 1 heterocycles. The molecule has 3 atom stereocenters. The van der Waals surface area contributed by atoms with E-state index < -0.39 is 24.0 Å². The average Bonchev–Trinajstić information content (AvgIpc) is 2.62. The Morgan fingerprint density at radius 3 is 2.08 bits per heavy atom. The summed E-state index contributed by atoms with van der Waals surface area (Å²) in [5.74, 6) is -1.66. The fourth-order valence-electron chi connectivity index (χ4n) is 2.17. The van der Waals surface area contributed by atoms with Gasteiger partial charge in [-0.25, -0.2) is 4.79 Å². The third-order valence-electron chi connectivity index (χ3n) is 3.95. The standard InChI is InChI=1S/C17H27N3O6/c1-7-10(4)13(16(22)23)20-15(21)14(9(2)3)26-17-18-11(24-5)8-12(19-17)25-6/h8-10,13-14H,7H2,1-6H3,(H,20,21)(H,22,23)/t10-,13-,14?/m0/s1. The van der Waals surface area contributed by atoms with Crippen molar-refractivity contribution < 1.29 is 28.9 Å². The highest BCUT2D eigenvalue weighted by molar-refractivity contribution is 5.86. The van der Waals surface area contributed by atoms with E-state index in [4.69, 9.17) is 14.2 Å². The van der Waals surface area contributed by atoms with E-state index in [0.717, 1.165) is 0 Å². The largest absolute Gasteiger partial charge is 0.481 e. The van der Waals surface area contributed by atoms with Gasteiger partial charge in [-0.3, -0.25) is 4.79 Å². The van der Waals surface area contributed by atoms with Crippen molar-refractivity contribution in [3.63, 3.8) is 0 Å². The molecular formula is C17H27N3O6. The molecule has 0 saturated carbocycles. The Balaban J connectivity index is 3.01. The Bertz CT molecular complexity index is 600. The van der Waals surface area contributed by atoms with Crippen molar-refractivity contribution in [1.82, 2.24) is 15.3 Å². The monoisotopic (exact) mass is 369 g/mol. The van der Waals surface area contributed by atoms with Gasteiger partial charge in [-0.2, -0.15) is 9.97 Å². The molecule has 0 aliphatic rings. The molecule has 0 aliphatic heterocycles. The average molecular weight is 369 g/mol. The van der Waals surface area contributed by atoms with Crippen LogP contribution in [0.15, 0.2) is 6.07 Å². The van der Waals surface area contributed by atoms with E-state index >= 15 is 0 Å². The van der Waals surface area contributed by atoms with Gasteiger partial charge in [0.25, 0.3) is 5.91 Å². The van der Waals surface area contributed by atoms with Crippen LogP contribution in [-0.4, -0.2) is 53.3 Å². The second-order valence-electron chi connectivity index (χ2n) is 6.23. The summed E-state index contributed by atoms with van der Waals surface area (Å²) in [5.41, 5.74) is 0. The number of hydrogen-bond acceptors (Lipinski definition) is 7. The van der Waals surface area contributed by atoms with Gasteiger partial charge in [-0.1, -0.05) is 34.1 Å². The second-order valence-corrected chi connectivity index (χ2v) is 6.23. The van der Waals surface area contributed by atoms with E-state index in [1.54, 1.807) is 20.8 Å². The molecule has 0 saturated heterocycles. The summed E-state index contributed by atoms with van der Waals surface area (Å²) in [6.07, 6.45) is -0.363. The lowest BCUT2D eigenvalue weighted by molar-refractivity contribution is -0.145. The van der Waals surface area contributed by atoms with Crippen molar-refractivity contribution >= 4 is 11.9 Å². The van der Waals surface area contributed by atoms with Gasteiger partial charge in [-0.15, -0.1) is 0 Å². The van der Waals surface area contributed by atoms with Gasteiger partial charge >= 0.3 is 12.0 Å². The van der Waals surface area contributed by atoms with E-state index in [1.165, 1.54) is 20.3 Å². The second kappa shape index (κ2) is 9.79. The predicted octanol–water partition coefficient (Wildman–Crippen LogP) is 1.51. The number of nitrogens with zero attached hydrogens (tertiary/aromatic N) is 2. The summed E-state index contributed by atoms with van der Waals surface area (Å²) in [6, 6.07) is 0.379. The van der Waals surface area contributed by atoms with Gasteiger partial charge in [0, 0.05) is 0 Å². The van der Waals surface area contributed by atoms with Crippen LogP contribution in [-0.2, 0) is 9.59 Å². The van der Waals surface area contributed by atoms with Crippen LogP contribution in [0.4, 0.5) is 0 Å². The number of rotatable bonds is 10. The lowest BCUT2D eigenvalue weighted by atomic mass is 9.98. The molecule has 9 heteroatoms. The lowest BCUT2D eigenvalue weighted by Crippen LogP contribution is -2.51. The first-order valence-electron chi connectivity index (χ1n) is 8.40. The van der Waals surface area contributed by atoms with Crippen LogP contribution < -0.4 is 19.5 Å². The fraction of sp³-hybridized carbons (Fsp3) is 0.647. The van der Waals surface area contributed by atoms with Crippen LogP contribution in [0.1, 0.15) is 34.1 Å². The van der Waals surface area contributed by atoms with Gasteiger partial charge in [0.05, 0.1) is 20.3 Å². The number of carbonyl (C=O) groups excluding carboxylic acids is 1. The van der Waals surface area contributed by atoms with Crippen molar-refractivity contribution in [3.05, 3.63) is 6.07 Å². The summed E-state index contributed by atoms with van der Waals surface area (Å²) >= 11 is 0. The number of amides is 1. The maximum absolute atomic E-state index is 12.6. The first-order valence-corrected chi connectivity index (χ1v) is 8.40. The molecule has 0 spiro atoms. The van der Waals surface area contributed by atoms with Crippen molar-refractivity contribution in [3.8, 4) is 17.8 Å². The number of carboxylic acid groups (broad SMARTS) is 1. The van der Waals surface area contributed by atoms with E-state index in [-0.39, 0.29) is 29.6 Å². The number of hydrogen-bond donors (Lipinski definition) is 2. The molecule has 1 rings (SSSR count). The highest BCUT2D eigenvalue weighted by Crippen LogP contribution is 2.21. The number of ether oxygens (including phenoxy) is 3. The van der Waals surface area contributed by atoms with E-state index in [2.05, 4.69) is 15.3 Å². The van der Waals surface area contributed by atoms with E-state index in [9.17, 15) is 14.7 Å². The molecular weight excluding hydrogens is 342 g/mol. The summed E-state index contributed by atoms with van der Waals surface area (Å²) < 4.78 is 15.7. The molecule has 1 aromatic heterocycles. The zero-order valence-electron chi connectivity index (χ0n) is 16.0. The Kier molecular flexibility index (Phi) is 8.08. The molecule has 0 aromatic carbocycles. The van der Waals surface area contributed by atoms with Gasteiger partial charge in [-0.05, 0) is 11.8 Å². The molecule has 146 valence electrons. The molecule has 0 bridgehead atoms. The minimum Gasteiger partial charge on any atom is -0.481 e. The molecule has 0 aliphatic carbocycles. The van der Waals surface area contributed by atoms with Crippen molar-refractivity contribution in [1.29, 1.82) is 0 Å². The van der Waals surface area contributed by atoms with Crippen LogP contribution in [0.5, 0.6) is 17.8 Å². The Morgan fingerprint density at radius 1 is 1.15 bits per heavy atom. The maximum Gasteiger partial charge on any atom is 0.326 e. The number of methoxy groups -OCH3 is 2. The van der Waals surface area contributed by atoms with Crippen LogP contribution in [0.25, 0.3) is 0 Å². The van der Waals surface area contributed by atoms with Crippen LogP contribution >= 0.6 is 0 Å². The number of aliphatic carboxylic acids is 1. The number of nitrogens with one attached hydrogen (secondary N) is 1. The van der Waals surface area contributed by atoms with Gasteiger partial charge < -0.3 is 24.6 Å². The smallest absolute Gasteiger partial charge is 0.326 e. The number of carbonyl (C=O) groups is 2. The fourth-order valence-corrected chi connectivity index (χ4v) is 2.17. The Labute approximate surface area is 153 Å². The summed E-state index contributed by atoms with van der Waals surface area (Å²) in [6.45, 7) is 7.18. The van der Waals surface area contributed by atoms with Crippen LogP contribution in [0.3, 0.4) is 0 Å². The molecule has 9 nitrogen and oxygen atoms in total. The Morgan fingerprint density at radius 2 is 1.69 bits per heavy atom. The van der Waals surface area contributed by atoms with Crippen molar-refractivity contribution in [2.45, 2.75) is 46.3 Å². The minimum absolute atomic E-state index is 0.0922. The molecule has 1 amide bonds. The SMILES string of the molecule is CC[C@H](C)[C@H](NC(=O)C(Oc1nc(OC)cc(OC)n1)C(C)C)C(=O)O. The molecule has 2 N–H and O–H groups in total. The van der Waals surface area contributed by atoms with Gasteiger partial charge in [0.1, 0.15) is 6.04 Å². The number of aromatic nitrogens is 2. The third-order valence-corrected chi connectivity index (χ3v) is 3.95. The molecule has 1 unspecified atom stereocenters. The summed E-state index contributed by atoms with van der Waals surface area (Å²) in [4.78, 5) is 32.1. The number of carboxylic acids is 1. The highest BCUT2D eigenvalue weighted by atomic mass is 16.5. The maximum atomic E-state index is 12.6. The quantitative estimate of drug-likeness (QED) is 0.637. The van der Waals surface area contributed by atoms with Crippen molar-refractivity contribution in [2.75, 3.05) is 14.2 Å². The molecule has 1 aromatic rings. The predicted molar refractivity (Wildman–Crippen MR) is 93.4 cm³/mol. The zero-order chi connectivity index (χ0) is 19.9. The van der Waals surface area contributed by atoms with E-state index in [0.29, 0.717) is 6.42 Å². The first kappa shape index (κ1) is 21.5. The lowest BCUT2D eigenvalue weighted by Gasteiger charge is -2.25. The zero-order valence-corrected chi connectivity index (χ0v) is 16.0. The Hall–Kier alpha value is -2.58. The van der Waals surface area contributed by atoms with Crippen LogP contribution in [0.2, 0.25) is 0 Å². The van der Waals surface area contributed by atoms with E-state index in [1.807, 2.05) is 6.92 Å². The minimum atomic E-state index is -1.09. The summed E-state index contributed by atoms with van der Waals surface area (Å²) in [7, 11) is 2.86. The summed E-state index contributed by atoms with van der Waals surface area (Å²) in [5, 5.41) is 11.9. The van der Waals surface area contributed by atoms with Gasteiger partial charge in [0.15, 0.2) is 6.10 Å². The van der Waals surface area contributed by atoms with Crippen molar-refractivity contribution in [2.24, 2.45) is 11.8 Å². The third kappa shape index (κ3) is 5.75. The van der Waals surface area contributed by atoms with Gasteiger partial charge in [0.2, 0.25) is 11.8 Å². The topological polar surface area (TPSA) is 120 Å². The first-order chi connectivity index (χ1) is 12.2. The molecule has 0 radical (unpaired) electrons. The molecule has 0 fully saturated rings. The molecule has 26 heavy (non-hydrogen) atoms.